The normalized spacial score (nSPS) is 19.9. The van der Waals surface area contributed by atoms with E-state index in [1.807, 2.05) is 7.05 Å². The highest BCUT2D eigenvalue weighted by Crippen LogP contribution is 2.36. The number of Topliss-reactive ketones (excluding diaryl/α,β-unsaturated/α-hetero) is 1. The van der Waals surface area contributed by atoms with Gasteiger partial charge >= 0.3 is 0 Å². The molecule has 0 aromatic heterocycles. The van der Waals surface area contributed by atoms with E-state index in [9.17, 15) is 4.79 Å². The fourth-order valence-corrected chi connectivity index (χ4v) is 2.27. The van der Waals surface area contributed by atoms with E-state index >= 15 is 0 Å². The van der Waals surface area contributed by atoms with Crippen molar-refractivity contribution in [3.8, 4) is 0 Å². The first-order chi connectivity index (χ1) is 6.46. The number of carbonyl (C=O) groups excluding carboxylic acids is 1. The molecule has 1 saturated carbocycles. The van der Waals surface area contributed by atoms with Crippen molar-refractivity contribution in [1.82, 2.24) is 9.80 Å². The third-order valence-corrected chi connectivity index (χ3v) is 3.29. The minimum absolute atomic E-state index is 0.251. The van der Waals surface area contributed by atoms with Crippen LogP contribution in [0, 0.1) is 0 Å². The average Bonchev–Trinajstić information content (AvgIpc) is 1.94. The van der Waals surface area contributed by atoms with E-state index in [0.29, 0.717) is 12.1 Å². The Kier molecular flexibility index (Phi) is 3.67. The van der Waals surface area contributed by atoms with Gasteiger partial charge in [0.2, 0.25) is 0 Å². The van der Waals surface area contributed by atoms with Gasteiger partial charge in [0.15, 0.2) is 0 Å². The van der Waals surface area contributed by atoms with Gasteiger partial charge in [0.25, 0.3) is 0 Å². The van der Waals surface area contributed by atoms with Crippen molar-refractivity contribution >= 4 is 5.78 Å². The van der Waals surface area contributed by atoms with E-state index in [1.54, 1.807) is 6.92 Å². The van der Waals surface area contributed by atoms with Crippen LogP contribution in [0.15, 0.2) is 0 Å². The molecule has 0 amide bonds. The summed E-state index contributed by atoms with van der Waals surface area (Å²) in [6, 6.07) is 0. The summed E-state index contributed by atoms with van der Waals surface area (Å²) in [4.78, 5) is 15.4. The van der Waals surface area contributed by atoms with Gasteiger partial charge in [0, 0.05) is 12.1 Å². The molecule has 3 heteroatoms. The Morgan fingerprint density at radius 3 is 2.14 bits per heavy atom. The molecule has 0 aromatic carbocycles. The highest BCUT2D eigenvalue weighted by molar-refractivity contribution is 5.77. The molecule has 82 valence electrons. The molecule has 1 rings (SSSR count). The first-order valence-corrected chi connectivity index (χ1v) is 5.32. The first kappa shape index (κ1) is 11.7. The summed E-state index contributed by atoms with van der Waals surface area (Å²) in [5.74, 6) is 0.251. The van der Waals surface area contributed by atoms with E-state index in [2.05, 4.69) is 23.9 Å². The second kappa shape index (κ2) is 4.41. The van der Waals surface area contributed by atoms with Crippen molar-refractivity contribution in [3.63, 3.8) is 0 Å². The predicted octanol–water partition coefficient (Wildman–Crippen LogP) is 0.991. The van der Waals surface area contributed by atoms with Crippen LogP contribution in [0.25, 0.3) is 0 Å². The van der Waals surface area contributed by atoms with E-state index in [0.717, 1.165) is 6.54 Å². The number of ketones is 1. The zero-order chi connectivity index (χ0) is 10.8. The predicted molar refractivity (Wildman–Crippen MR) is 58.4 cm³/mol. The van der Waals surface area contributed by atoms with Crippen molar-refractivity contribution in [1.29, 1.82) is 0 Å². The number of hydrogen-bond acceptors (Lipinski definition) is 3. The van der Waals surface area contributed by atoms with Crippen molar-refractivity contribution in [2.75, 3.05) is 34.2 Å². The minimum Gasteiger partial charge on any atom is -0.302 e. The molecule has 0 heterocycles. The zero-order valence-corrected chi connectivity index (χ0v) is 9.84. The van der Waals surface area contributed by atoms with Gasteiger partial charge in [-0.25, -0.2) is 0 Å². The lowest BCUT2D eigenvalue weighted by molar-refractivity contribution is -0.118. The van der Waals surface area contributed by atoms with Gasteiger partial charge in [-0.1, -0.05) is 0 Å². The van der Waals surface area contributed by atoms with Crippen LogP contribution in [0.1, 0.15) is 26.2 Å². The number of hydrogen-bond donors (Lipinski definition) is 0. The summed E-state index contributed by atoms with van der Waals surface area (Å²) in [6.45, 7) is 3.24. The summed E-state index contributed by atoms with van der Waals surface area (Å²) >= 11 is 0. The van der Waals surface area contributed by atoms with E-state index in [-0.39, 0.29) is 5.78 Å². The first-order valence-electron chi connectivity index (χ1n) is 5.32. The smallest absolute Gasteiger partial charge is 0.143 e. The Morgan fingerprint density at radius 2 is 1.86 bits per heavy atom. The van der Waals surface area contributed by atoms with Gasteiger partial charge < -0.3 is 4.90 Å². The van der Waals surface area contributed by atoms with Gasteiger partial charge in [-0.2, -0.15) is 0 Å². The van der Waals surface area contributed by atoms with Crippen LogP contribution in [0.5, 0.6) is 0 Å². The number of rotatable bonds is 5. The molecule has 3 nitrogen and oxygen atoms in total. The van der Waals surface area contributed by atoms with Crippen LogP contribution in [-0.4, -0.2) is 55.4 Å². The molecule has 0 saturated heterocycles. The number of nitrogens with zero attached hydrogens (tertiary/aromatic N) is 2. The molecule has 0 unspecified atom stereocenters. The van der Waals surface area contributed by atoms with Crippen LogP contribution in [0.2, 0.25) is 0 Å². The summed E-state index contributed by atoms with van der Waals surface area (Å²) < 4.78 is 0. The van der Waals surface area contributed by atoms with Crippen LogP contribution in [0.3, 0.4) is 0 Å². The number of carbonyl (C=O) groups is 1. The third-order valence-electron chi connectivity index (χ3n) is 3.29. The van der Waals surface area contributed by atoms with Gasteiger partial charge in [-0.3, -0.25) is 9.69 Å². The Bertz CT molecular complexity index is 209. The highest BCUT2D eigenvalue weighted by Gasteiger charge is 2.39. The van der Waals surface area contributed by atoms with Crippen molar-refractivity contribution in [2.24, 2.45) is 0 Å². The molecule has 0 aliphatic heterocycles. The Labute approximate surface area is 87.1 Å². The third kappa shape index (κ3) is 2.55. The van der Waals surface area contributed by atoms with Gasteiger partial charge in [-0.15, -0.1) is 0 Å². The molecular weight excluding hydrogens is 176 g/mol. The lowest BCUT2D eigenvalue weighted by Gasteiger charge is -2.49. The lowest BCUT2D eigenvalue weighted by Crippen LogP contribution is -2.57. The molecule has 0 radical (unpaired) electrons. The zero-order valence-electron chi connectivity index (χ0n) is 9.84. The maximum absolute atomic E-state index is 11.0. The van der Waals surface area contributed by atoms with Gasteiger partial charge in [0.1, 0.15) is 5.78 Å². The number of likely N-dealkylation sites (N-methyl/N-ethyl adjacent to an activating group) is 2. The van der Waals surface area contributed by atoms with Crippen LogP contribution >= 0.6 is 0 Å². The molecule has 14 heavy (non-hydrogen) atoms. The van der Waals surface area contributed by atoms with Crippen LogP contribution in [0.4, 0.5) is 0 Å². The standard InChI is InChI=1S/C11H22N2O/c1-10(14)8-13(4)9-11(12(2)3)6-5-7-11/h5-9H2,1-4H3. The summed E-state index contributed by atoms with van der Waals surface area (Å²) in [6.07, 6.45) is 3.86. The van der Waals surface area contributed by atoms with Crippen molar-refractivity contribution < 1.29 is 4.79 Å². The molecule has 1 aliphatic rings. The summed E-state index contributed by atoms with van der Waals surface area (Å²) in [5, 5.41) is 0. The molecule has 0 atom stereocenters. The highest BCUT2D eigenvalue weighted by atomic mass is 16.1. The van der Waals surface area contributed by atoms with Crippen LogP contribution in [-0.2, 0) is 4.79 Å². The molecule has 0 aromatic rings. The minimum atomic E-state index is 0.251. The molecule has 0 N–H and O–H groups in total. The maximum Gasteiger partial charge on any atom is 0.143 e. The van der Waals surface area contributed by atoms with Crippen LogP contribution < -0.4 is 0 Å². The quantitative estimate of drug-likeness (QED) is 0.658. The molecule has 1 fully saturated rings. The maximum atomic E-state index is 11.0. The molecule has 1 aliphatic carbocycles. The van der Waals surface area contributed by atoms with Crippen molar-refractivity contribution in [2.45, 2.75) is 31.7 Å². The second-order valence-electron chi connectivity index (χ2n) is 4.85. The molecular formula is C11H22N2O. The summed E-state index contributed by atoms with van der Waals surface area (Å²) in [5.41, 5.74) is 0.337. The fourth-order valence-electron chi connectivity index (χ4n) is 2.27. The van der Waals surface area contributed by atoms with Crippen molar-refractivity contribution in [3.05, 3.63) is 0 Å². The molecule has 0 spiro atoms. The van der Waals surface area contributed by atoms with Gasteiger partial charge in [0.05, 0.1) is 6.54 Å². The van der Waals surface area contributed by atoms with Gasteiger partial charge in [-0.05, 0) is 47.3 Å². The average molecular weight is 198 g/mol. The van der Waals surface area contributed by atoms with E-state index in [1.165, 1.54) is 19.3 Å². The Morgan fingerprint density at radius 1 is 1.29 bits per heavy atom. The Hall–Kier alpha value is -0.410. The monoisotopic (exact) mass is 198 g/mol. The largest absolute Gasteiger partial charge is 0.302 e. The lowest BCUT2D eigenvalue weighted by atomic mass is 9.75. The Balaban J connectivity index is 2.44. The second-order valence-corrected chi connectivity index (χ2v) is 4.85. The molecule has 0 bridgehead atoms. The topological polar surface area (TPSA) is 23.6 Å². The fraction of sp³-hybridized carbons (Fsp3) is 0.909. The van der Waals surface area contributed by atoms with E-state index in [4.69, 9.17) is 0 Å². The summed E-state index contributed by atoms with van der Waals surface area (Å²) in [7, 11) is 6.31. The van der Waals surface area contributed by atoms with E-state index < -0.39 is 0 Å². The SMILES string of the molecule is CC(=O)CN(C)CC1(N(C)C)CCC1.